The highest BCUT2D eigenvalue weighted by atomic mass is 16.5. The topological polar surface area (TPSA) is 93.8 Å². The van der Waals surface area contributed by atoms with E-state index < -0.39 is 16.7 Å². The van der Waals surface area contributed by atoms with Crippen molar-refractivity contribution in [2.45, 2.75) is 19.3 Å². The van der Waals surface area contributed by atoms with Gasteiger partial charge in [-0.3, -0.25) is 18.7 Å². The molecule has 8 nitrogen and oxygen atoms in total. The average Bonchev–Trinajstić information content (AvgIpc) is 2.60. The van der Waals surface area contributed by atoms with Gasteiger partial charge in [0, 0.05) is 52.4 Å². The van der Waals surface area contributed by atoms with Gasteiger partial charge in [-0.1, -0.05) is 0 Å². The van der Waals surface area contributed by atoms with Crippen LogP contribution in [0.25, 0.3) is 0 Å². The molecule has 2 rings (SSSR count). The predicted molar refractivity (Wildman–Crippen MR) is 88.1 cm³/mol. The minimum atomic E-state index is -0.532. The van der Waals surface area contributed by atoms with E-state index in [1.54, 1.807) is 12.0 Å². The number of hydrogen-bond donors (Lipinski definition) is 1. The summed E-state index contributed by atoms with van der Waals surface area (Å²) in [4.78, 5) is 38.3. The van der Waals surface area contributed by atoms with Crippen molar-refractivity contribution in [1.82, 2.24) is 14.0 Å². The molecule has 1 unspecified atom stereocenters. The third-order valence-electron chi connectivity index (χ3n) is 4.87. The minimum Gasteiger partial charge on any atom is -0.396 e. The maximum atomic E-state index is 12.8. The van der Waals surface area contributed by atoms with E-state index in [1.165, 1.54) is 24.7 Å². The van der Waals surface area contributed by atoms with Gasteiger partial charge < -0.3 is 14.7 Å². The Morgan fingerprint density at radius 2 is 2.04 bits per heavy atom. The van der Waals surface area contributed by atoms with Crippen molar-refractivity contribution in [2.24, 2.45) is 19.5 Å². The summed E-state index contributed by atoms with van der Waals surface area (Å²) >= 11 is 0. The second kappa shape index (κ2) is 7.31. The number of aromatic nitrogens is 2. The first-order chi connectivity index (χ1) is 11.3. The number of amides is 1. The number of carbonyl (C=O) groups is 1. The normalized spacial score (nSPS) is 21.1. The van der Waals surface area contributed by atoms with Crippen LogP contribution in [0.4, 0.5) is 0 Å². The first kappa shape index (κ1) is 18.4. The molecular weight excluding hydrogens is 314 g/mol. The number of aliphatic hydroxyl groups excluding tert-OH is 1. The molecule has 1 amide bonds. The fourth-order valence-electron chi connectivity index (χ4n) is 3.21. The van der Waals surface area contributed by atoms with Crippen LogP contribution in [0.15, 0.2) is 15.7 Å². The Morgan fingerprint density at radius 3 is 2.67 bits per heavy atom. The van der Waals surface area contributed by atoms with Crippen LogP contribution in [0, 0.1) is 5.41 Å². The minimum absolute atomic E-state index is 0.0321. The molecule has 1 aromatic heterocycles. The zero-order valence-electron chi connectivity index (χ0n) is 14.4. The lowest BCUT2D eigenvalue weighted by Crippen LogP contribution is -2.50. The molecule has 8 heteroatoms. The van der Waals surface area contributed by atoms with Crippen molar-refractivity contribution in [3.05, 3.63) is 32.6 Å². The van der Waals surface area contributed by atoms with E-state index in [-0.39, 0.29) is 18.2 Å². The smallest absolute Gasteiger partial charge is 0.331 e. The molecule has 0 aromatic carbocycles. The quantitative estimate of drug-likeness (QED) is 0.768. The van der Waals surface area contributed by atoms with Crippen LogP contribution >= 0.6 is 0 Å². The maximum absolute atomic E-state index is 12.8. The van der Waals surface area contributed by atoms with Crippen molar-refractivity contribution in [2.75, 3.05) is 33.4 Å². The number of carbonyl (C=O) groups excluding carboxylic acids is 1. The Kier molecular flexibility index (Phi) is 5.61. The van der Waals surface area contributed by atoms with Gasteiger partial charge in [0.25, 0.3) is 11.5 Å². The molecule has 0 radical (unpaired) electrons. The Balaban J connectivity index is 2.30. The van der Waals surface area contributed by atoms with Crippen molar-refractivity contribution >= 4 is 5.91 Å². The third kappa shape index (κ3) is 3.44. The molecule has 1 atom stereocenters. The first-order valence-electron chi connectivity index (χ1n) is 8.01. The number of aliphatic hydroxyl groups is 1. The fraction of sp³-hybridized carbons (Fsp3) is 0.688. The molecule has 24 heavy (non-hydrogen) atoms. The Hall–Kier alpha value is -1.93. The third-order valence-corrected chi connectivity index (χ3v) is 4.87. The lowest BCUT2D eigenvalue weighted by molar-refractivity contribution is 0.00849. The number of methoxy groups -OCH3 is 1. The van der Waals surface area contributed by atoms with Crippen molar-refractivity contribution in [3.63, 3.8) is 0 Å². The summed E-state index contributed by atoms with van der Waals surface area (Å²) in [7, 11) is 4.46. The SMILES string of the molecule is COCCC1(CO)CCCN(C(=O)c2cc(=O)n(C)c(=O)n2C)C1. The molecular formula is C16H25N3O5. The zero-order valence-corrected chi connectivity index (χ0v) is 14.4. The molecule has 1 aliphatic rings. The molecule has 1 aromatic rings. The fourth-order valence-corrected chi connectivity index (χ4v) is 3.21. The van der Waals surface area contributed by atoms with Gasteiger partial charge >= 0.3 is 5.69 Å². The summed E-state index contributed by atoms with van der Waals surface area (Å²) in [5, 5.41) is 9.82. The van der Waals surface area contributed by atoms with Crippen LogP contribution in [0.5, 0.6) is 0 Å². The Labute approximate surface area is 140 Å². The van der Waals surface area contributed by atoms with Crippen LogP contribution in [0.1, 0.15) is 29.8 Å². The Bertz CT molecular complexity index is 723. The summed E-state index contributed by atoms with van der Waals surface area (Å²) in [6.07, 6.45) is 2.22. The van der Waals surface area contributed by atoms with Crippen LogP contribution in [0.3, 0.4) is 0 Å². The highest BCUT2D eigenvalue weighted by Crippen LogP contribution is 2.33. The molecule has 1 N–H and O–H groups in total. The molecule has 0 bridgehead atoms. The van der Waals surface area contributed by atoms with Gasteiger partial charge in [-0.15, -0.1) is 0 Å². The van der Waals surface area contributed by atoms with Gasteiger partial charge in [-0.2, -0.15) is 0 Å². The number of ether oxygens (including phenoxy) is 1. The summed E-state index contributed by atoms with van der Waals surface area (Å²) in [6, 6.07) is 1.19. The molecule has 134 valence electrons. The number of piperidine rings is 1. The standard InChI is InChI=1S/C16H25N3O5/c1-17-12(9-13(21)18(2)15(17)23)14(22)19-7-4-5-16(10-19,11-20)6-8-24-3/h9,20H,4-8,10-11H2,1-3H3. The van der Waals surface area contributed by atoms with Crippen molar-refractivity contribution in [1.29, 1.82) is 0 Å². The van der Waals surface area contributed by atoms with E-state index in [2.05, 4.69) is 0 Å². The summed E-state index contributed by atoms with van der Waals surface area (Å²) in [5.41, 5.74) is -1.37. The van der Waals surface area contributed by atoms with Crippen LogP contribution < -0.4 is 11.2 Å². The molecule has 1 saturated heterocycles. The highest BCUT2D eigenvalue weighted by molar-refractivity contribution is 5.92. The van der Waals surface area contributed by atoms with E-state index in [1.807, 2.05) is 0 Å². The molecule has 2 heterocycles. The van der Waals surface area contributed by atoms with E-state index in [0.717, 1.165) is 17.4 Å². The van der Waals surface area contributed by atoms with Gasteiger partial charge in [-0.05, 0) is 19.3 Å². The van der Waals surface area contributed by atoms with E-state index in [0.29, 0.717) is 26.1 Å². The monoisotopic (exact) mass is 339 g/mol. The van der Waals surface area contributed by atoms with E-state index in [4.69, 9.17) is 4.74 Å². The molecule has 0 spiro atoms. The number of rotatable bonds is 5. The van der Waals surface area contributed by atoms with Crippen molar-refractivity contribution < 1.29 is 14.6 Å². The summed E-state index contributed by atoms with van der Waals surface area (Å²) in [6.45, 7) is 1.40. The Morgan fingerprint density at radius 1 is 1.33 bits per heavy atom. The second-order valence-electron chi connectivity index (χ2n) is 6.50. The van der Waals surface area contributed by atoms with Crippen LogP contribution in [0.2, 0.25) is 0 Å². The first-order valence-corrected chi connectivity index (χ1v) is 8.01. The van der Waals surface area contributed by atoms with E-state index in [9.17, 15) is 19.5 Å². The maximum Gasteiger partial charge on any atom is 0.331 e. The predicted octanol–water partition coefficient (Wildman–Crippen LogP) is -0.665. The second-order valence-corrected chi connectivity index (χ2v) is 6.50. The largest absolute Gasteiger partial charge is 0.396 e. The number of likely N-dealkylation sites (tertiary alicyclic amines) is 1. The van der Waals surface area contributed by atoms with Crippen LogP contribution in [-0.2, 0) is 18.8 Å². The van der Waals surface area contributed by atoms with Gasteiger partial charge in [0.1, 0.15) is 5.69 Å². The van der Waals surface area contributed by atoms with Gasteiger partial charge in [0.15, 0.2) is 0 Å². The molecule has 0 aliphatic carbocycles. The van der Waals surface area contributed by atoms with Gasteiger partial charge in [-0.25, -0.2) is 4.79 Å². The van der Waals surface area contributed by atoms with Gasteiger partial charge in [0.05, 0.1) is 6.61 Å². The lowest BCUT2D eigenvalue weighted by Gasteiger charge is -2.41. The highest BCUT2D eigenvalue weighted by Gasteiger charge is 2.37. The van der Waals surface area contributed by atoms with E-state index >= 15 is 0 Å². The number of nitrogens with zero attached hydrogens (tertiary/aromatic N) is 3. The van der Waals surface area contributed by atoms with Crippen LogP contribution in [-0.4, -0.2) is 58.5 Å². The van der Waals surface area contributed by atoms with Gasteiger partial charge in [0.2, 0.25) is 0 Å². The number of hydrogen-bond acceptors (Lipinski definition) is 5. The summed E-state index contributed by atoms with van der Waals surface area (Å²) < 4.78 is 7.26. The summed E-state index contributed by atoms with van der Waals surface area (Å²) in [5.74, 6) is -0.359. The average molecular weight is 339 g/mol. The lowest BCUT2D eigenvalue weighted by atomic mass is 9.78. The van der Waals surface area contributed by atoms with Crippen molar-refractivity contribution in [3.8, 4) is 0 Å². The zero-order chi connectivity index (χ0) is 17.9. The molecule has 0 saturated carbocycles. The molecule has 1 aliphatic heterocycles. The molecule has 1 fully saturated rings.